The van der Waals surface area contributed by atoms with Gasteiger partial charge in [-0.1, -0.05) is 29.8 Å². The first-order chi connectivity index (χ1) is 6.37. The molecule has 0 heterocycles. The van der Waals surface area contributed by atoms with Gasteiger partial charge in [0.1, 0.15) is 0 Å². The van der Waals surface area contributed by atoms with E-state index in [2.05, 4.69) is 40.0 Å². The summed E-state index contributed by atoms with van der Waals surface area (Å²) in [6.07, 6.45) is 0.554. The standard InChI is InChI=1S/C10H21BrN2O/c1-10(2,8-13(3)4)7-12-9(14)5-6-11/h5-8H2,1-4H3,(H,12,14). The quantitative estimate of drug-likeness (QED) is 0.738. The molecule has 3 nitrogen and oxygen atoms in total. The van der Waals surface area contributed by atoms with Gasteiger partial charge in [0.2, 0.25) is 5.91 Å². The Morgan fingerprint density at radius 2 is 2.00 bits per heavy atom. The van der Waals surface area contributed by atoms with Crippen LogP contribution in [0.4, 0.5) is 0 Å². The number of hydrogen-bond acceptors (Lipinski definition) is 2. The Morgan fingerprint density at radius 3 is 2.43 bits per heavy atom. The highest BCUT2D eigenvalue weighted by Gasteiger charge is 2.19. The summed E-state index contributed by atoms with van der Waals surface area (Å²) in [5, 5.41) is 3.66. The molecule has 0 unspecified atom stereocenters. The lowest BCUT2D eigenvalue weighted by atomic mass is 9.93. The van der Waals surface area contributed by atoms with Gasteiger partial charge >= 0.3 is 0 Å². The predicted octanol–water partition coefficient (Wildman–Crippen LogP) is 1.48. The van der Waals surface area contributed by atoms with Gasteiger partial charge in [0, 0.05) is 24.8 Å². The summed E-state index contributed by atoms with van der Waals surface area (Å²) in [7, 11) is 4.09. The van der Waals surface area contributed by atoms with Crippen molar-refractivity contribution in [2.75, 3.05) is 32.5 Å². The van der Waals surface area contributed by atoms with Crippen LogP contribution in [0.25, 0.3) is 0 Å². The second-order valence-electron chi connectivity index (χ2n) is 4.62. The van der Waals surface area contributed by atoms with Crippen LogP contribution in [0.1, 0.15) is 20.3 Å². The van der Waals surface area contributed by atoms with Gasteiger partial charge in [-0.25, -0.2) is 0 Å². The largest absolute Gasteiger partial charge is 0.355 e. The van der Waals surface area contributed by atoms with Crippen molar-refractivity contribution in [2.24, 2.45) is 5.41 Å². The highest BCUT2D eigenvalue weighted by atomic mass is 79.9. The molecule has 0 spiro atoms. The SMILES string of the molecule is CN(C)CC(C)(C)CNC(=O)CCBr. The van der Waals surface area contributed by atoms with Crippen LogP contribution in [0.2, 0.25) is 0 Å². The number of carbonyl (C=O) groups excluding carboxylic acids is 1. The molecular weight excluding hydrogens is 244 g/mol. The summed E-state index contributed by atoms with van der Waals surface area (Å²) in [6.45, 7) is 6.02. The molecule has 1 amide bonds. The summed E-state index contributed by atoms with van der Waals surface area (Å²) in [5.41, 5.74) is 0.130. The minimum absolute atomic E-state index is 0.119. The summed E-state index contributed by atoms with van der Waals surface area (Å²) in [6, 6.07) is 0. The fraction of sp³-hybridized carbons (Fsp3) is 0.900. The second kappa shape index (κ2) is 6.40. The summed E-state index contributed by atoms with van der Waals surface area (Å²) >= 11 is 3.24. The van der Waals surface area contributed by atoms with Crippen molar-refractivity contribution < 1.29 is 4.79 Å². The van der Waals surface area contributed by atoms with Gasteiger partial charge in [0.25, 0.3) is 0 Å². The average molecular weight is 265 g/mol. The molecule has 0 radical (unpaired) electrons. The van der Waals surface area contributed by atoms with Gasteiger partial charge in [-0.05, 0) is 19.5 Å². The zero-order valence-electron chi connectivity index (χ0n) is 9.56. The summed E-state index contributed by atoms with van der Waals surface area (Å²) < 4.78 is 0. The summed E-state index contributed by atoms with van der Waals surface area (Å²) in [4.78, 5) is 13.4. The first kappa shape index (κ1) is 13.9. The second-order valence-corrected chi connectivity index (χ2v) is 5.41. The number of hydrogen-bond donors (Lipinski definition) is 1. The molecule has 0 saturated carbocycles. The fourth-order valence-electron chi connectivity index (χ4n) is 1.42. The maximum Gasteiger partial charge on any atom is 0.220 e. The highest BCUT2D eigenvalue weighted by Crippen LogP contribution is 2.13. The Balaban J connectivity index is 3.80. The molecule has 0 aromatic heterocycles. The van der Waals surface area contributed by atoms with Crippen LogP contribution in [-0.4, -0.2) is 43.3 Å². The highest BCUT2D eigenvalue weighted by molar-refractivity contribution is 9.09. The maximum atomic E-state index is 11.2. The van der Waals surface area contributed by atoms with Crippen LogP contribution in [-0.2, 0) is 4.79 Å². The van der Waals surface area contributed by atoms with Crippen molar-refractivity contribution in [1.29, 1.82) is 0 Å². The smallest absolute Gasteiger partial charge is 0.220 e. The molecule has 0 aliphatic rings. The average Bonchev–Trinajstić information content (AvgIpc) is 1.99. The number of carbonyl (C=O) groups is 1. The van der Waals surface area contributed by atoms with Crippen LogP contribution in [0.15, 0.2) is 0 Å². The molecule has 14 heavy (non-hydrogen) atoms. The van der Waals surface area contributed by atoms with E-state index in [0.717, 1.165) is 18.4 Å². The number of alkyl halides is 1. The minimum Gasteiger partial charge on any atom is -0.355 e. The molecule has 0 aliphatic carbocycles. The van der Waals surface area contributed by atoms with E-state index < -0.39 is 0 Å². The van der Waals surface area contributed by atoms with Crippen molar-refractivity contribution in [1.82, 2.24) is 10.2 Å². The number of nitrogens with one attached hydrogen (secondary N) is 1. The van der Waals surface area contributed by atoms with Gasteiger partial charge in [-0.3, -0.25) is 4.79 Å². The van der Waals surface area contributed by atoms with E-state index in [1.165, 1.54) is 0 Å². The fourth-order valence-corrected chi connectivity index (χ4v) is 1.78. The van der Waals surface area contributed by atoms with E-state index >= 15 is 0 Å². The third kappa shape index (κ3) is 7.33. The lowest BCUT2D eigenvalue weighted by Gasteiger charge is -2.28. The lowest BCUT2D eigenvalue weighted by Crippen LogP contribution is -2.39. The molecule has 4 heteroatoms. The number of halogens is 1. The van der Waals surface area contributed by atoms with E-state index in [1.54, 1.807) is 0 Å². The summed E-state index contributed by atoms with van der Waals surface area (Å²) in [5.74, 6) is 0.119. The number of rotatable bonds is 6. The van der Waals surface area contributed by atoms with Crippen LogP contribution in [0, 0.1) is 5.41 Å². The maximum absolute atomic E-state index is 11.2. The number of amides is 1. The molecule has 1 N–H and O–H groups in total. The van der Waals surface area contributed by atoms with Crippen LogP contribution in [0.3, 0.4) is 0 Å². The Morgan fingerprint density at radius 1 is 1.43 bits per heavy atom. The van der Waals surface area contributed by atoms with Crippen molar-refractivity contribution >= 4 is 21.8 Å². The number of nitrogens with zero attached hydrogens (tertiary/aromatic N) is 1. The molecule has 0 rings (SSSR count). The molecule has 0 bridgehead atoms. The first-order valence-electron chi connectivity index (χ1n) is 4.85. The van der Waals surface area contributed by atoms with Gasteiger partial charge in [0.05, 0.1) is 0 Å². The van der Waals surface area contributed by atoms with E-state index in [1.807, 2.05) is 14.1 Å². The Hall–Kier alpha value is -0.0900. The van der Waals surface area contributed by atoms with E-state index in [9.17, 15) is 4.79 Å². The molecule has 0 fully saturated rings. The molecule has 0 aromatic rings. The van der Waals surface area contributed by atoms with Crippen molar-refractivity contribution in [2.45, 2.75) is 20.3 Å². The van der Waals surface area contributed by atoms with E-state index in [0.29, 0.717) is 6.42 Å². The minimum atomic E-state index is 0.119. The molecular formula is C10H21BrN2O. The zero-order valence-corrected chi connectivity index (χ0v) is 11.1. The normalized spacial score (nSPS) is 11.9. The Bertz CT molecular complexity index is 181. The van der Waals surface area contributed by atoms with Gasteiger partial charge in [-0.15, -0.1) is 0 Å². The van der Waals surface area contributed by atoms with Gasteiger partial charge < -0.3 is 10.2 Å². The van der Waals surface area contributed by atoms with Crippen LogP contribution >= 0.6 is 15.9 Å². The van der Waals surface area contributed by atoms with Crippen molar-refractivity contribution in [3.05, 3.63) is 0 Å². The third-order valence-electron chi connectivity index (χ3n) is 1.83. The predicted molar refractivity (Wildman–Crippen MR) is 63.8 cm³/mol. The van der Waals surface area contributed by atoms with Crippen LogP contribution in [0.5, 0.6) is 0 Å². The van der Waals surface area contributed by atoms with Crippen LogP contribution < -0.4 is 5.32 Å². The Kier molecular flexibility index (Phi) is 6.36. The molecule has 0 saturated heterocycles. The molecule has 0 atom stereocenters. The zero-order chi connectivity index (χ0) is 11.2. The topological polar surface area (TPSA) is 32.3 Å². The monoisotopic (exact) mass is 264 g/mol. The Labute approximate surface area is 95.4 Å². The van der Waals surface area contributed by atoms with E-state index in [-0.39, 0.29) is 11.3 Å². The molecule has 0 aliphatic heterocycles. The van der Waals surface area contributed by atoms with E-state index in [4.69, 9.17) is 0 Å². The first-order valence-corrected chi connectivity index (χ1v) is 5.97. The van der Waals surface area contributed by atoms with Crippen molar-refractivity contribution in [3.8, 4) is 0 Å². The third-order valence-corrected chi connectivity index (χ3v) is 2.23. The molecule has 84 valence electrons. The lowest BCUT2D eigenvalue weighted by molar-refractivity contribution is -0.121. The van der Waals surface area contributed by atoms with Crippen molar-refractivity contribution in [3.63, 3.8) is 0 Å². The van der Waals surface area contributed by atoms with Gasteiger partial charge in [-0.2, -0.15) is 0 Å². The molecule has 0 aromatic carbocycles. The van der Waals surface area contributed by atoms with Gasteiger partial charge in [0.15, 0.2) is 0 Å².